The minimum absolute atomic E-state index is 0.0375. The van der Waals surface area contributed by atoms with Crippen molar-refractivity contribution in [3.05, 3.63) is 24.3 Å². The zero-order valence-corrected chi connectivity index (χ0v) is 17.3. The van der Waals surface area contributed by atoms with E-state index in [1.54, 1.807) is 0 Å². The number of carbonyl (C=O) groups excluding carboxylic acids is 1. The van der Waals surface area contributed by atoms with Crippen LogP contribution in [0.2, 0.25) is 0 Å². The predicted molar refractivity (Wildman–Crippen MR) is 113 cm³/mol. The normalized spacial score (nSPS) is 22.8. The van der Waals surface area contributed by atoms with Gasteiger partial charge < -0.3 is 14.4 Å². The molecule has 5 nitrogen and oxygen atoms in total. The van der Waals surface area contributed by atoms with Crippen LogP contribution in [0.25, 0.3) is 0 Å². The summed E-state index contributed by atoms with van der Waals surface area (Å²) in [6.45, 7) is 6.39. The third kappa shape index (κ3) is 6.69. The van der Waals surface area contributed by atoms with Crippen LogP contribution in [0.5, 0.6) is 5.75 Å². The molecule has 0 spiro atoms. The van der Waals surface area contributed by atoms with Gasteiger partial charge in [-0.15, -0.1) is 0 Å². The van der Waals surface area contributed by atoms with Gasteiger partial charge in [-0.3, -0.25) is 5.32 Å². The van der Waals surface area contributed by atoms with Gasteiger partial charge in [0.05, 0.1) is 6.61 Å². The maximum absolute atomic E-state index is 12.4. The van der Waals surface area contributed by atoms with Gasteiger partial charge in [-0.1, -0.05) is 26.2 Å². The van der Waals surface area contributed by atoms with Crippen LogP contribution in [0, 0.1) is 5.92 Å². The molecule has 1 amide bonds. The minimum Gasteiger partial charge on any atom is -0.494 e. The SMILES string of the molecule is CCCCCOc1ccc(NC(=O)O[C@@H]2CCCC[C@H]2CN2CCCC2)cc1. The highest BCUT2D eigenvalue weighted by Gasteiger charge is 2.30. The number of likely N-dealkylation sites (tertiary alicyclic amines) is 1. The van der Waals surface area contributed by atoms with Gasteiger partial charge >= 0.3 is 6.09 Å². The van der Waals surface area contributed by atoms with E-state index in [2.05, 4.69) is 17.1 Å². The summed E-state index contributed by atoms with van der Waals surface area (Å²) >= 11 is 0. The highest BCUT2D eigenvalue weighted by Crippen LogP contribution is 2.29. The third-order valence-corrected chi connectivity index (χ3v) is 5.91. The molecule has 0 bridgehead atoms. The lowest BCUT2D eigenvalue weighted by Crippen LogP contribution is -2.38. The molecule has 0 unspecified atom stereocenters. The number of ether oxygens (including phenoxy) is 2. The average Bonchev–Trinajstić information content (AvgIpc) is 3.21. The molecule has 2 atom stereocenters. The fraction of sp³-hybridized carbons (Fsp3) is 0.696. The summed E-state index contributed by atoms with van der Waals surface area (Å²) in [5.74, 6) is 1.31. The van der Waals surface area contributed by atoms with E-state index < -0.39 is 0 Å². The number of amides is 1. The first-order valence-electron chi connectivity index (χ1n) is 11.2. The molecule has 0 radical (unpaired) electrons. The van der Waals surface area contributed by atoms with Crippen molar-refractivity contribution in [3.63, 3.8) is 0 Å². The van der Waals surface area contributed by atoms with Crippen molar-refractivity contribution < 1.29 is 14.3 Å². The van der Waals surface area contributed by atoms with Crippen molar-refractivity contribution in [3.8, 4) is 5.75 Å². The number of nitrogens with one attached hydrogen (secondary N) is 1. The number of unbranched alkanes of at least 4 members (excludes halogenated alkanes) is 2. The van der Waals surface area contributed by atoms with Crippen molar-refractivity contribution in [2.24, 2.45) is 5.92 Å². The largest absolute Gasteiger partial charge is 0.494 e. The quantitative estimate of drug-likeness (QED) is 0.571. The Labute approximate surface area is 169 Å². The van der Waals surface area contributed by atoms with E-state index in [0.29, 0.717) is 5.92 Å². The molecule has 156 valence electrons. The second kappa shape index (κ2) is 11.3. The molecule has 1 saturated carbocycles. The molecule has 1 saturated heterocycles. The van der Waals surface area contributed by atoms with E-state index in [9.17, 15) is 4.79 Å². The van der Waals surface area contributed by atoms with E-state index in [1.807, 2.05) is 24.3 Å². The van der Waals surface area contributed by atoms with Gasteiger partial charge in [0, 0.05) is 18.2 Å². The van der Waals surface area contributed by atoms with Gasteiger partial charge in [0.15, 0.2) is 0 Å². The van der Waals surface area contributed by atoms with Crippen LogP contribution in [0.4, 0.5) is 10.5 Å². The molecule has 1 aromatic carbocycles. The molecule has 5 heteroatoms. The molecular formula is C23H36N2O3. The Bertz CT molecular complexity index is 584. The number of rotatable bonds is 9. The molecule has 2 aliphatic rings. The summed E-state index contributed by atoms with van der Waals surface area (Å²) in [6.07, 6.45) is 10.3. The Morgan fingerprint density at radius 1 is 1.07 bits per heavy atom. The fourth-order valence-electron chi connectivity index (χ4n) is 4.30. The Balaban J connectivity index is 1.44. The van der Waals surface area contributed by atoms with Crippen LogP contribution in [-0.2, 0) is 4.74 Å². The van der Waals surface area contributed by atoms with Crippen molar-refractivity contribution in [1.29, 1.82) is 0 Å². The second-order valence-electron chi connectivity index (χ2n) is 8.20. The van der Waals surface area contributed by atoms with Crippen LogP contribution < -0.4 is 10.1 Å². The lowest BCUT2D eigenvalue weighted by atomic mass is 9.86. The number of benzene rings is 1. The maximum atomic E-state index is 12.4. The van der Waals surface area contributed by atoms with E-state index in [4.69, 9.17) is 9.47 Å². The molecule has 3 rings (SSSR count). The smallest absolute Gasteiger partial charge is 0.411 e. The molecule has 1 N–H and O–H groups in total. The molecule has 28 heavy (non-hydrogen) atoms. The molecular weight excluding hydrogens is 352 g/mol. The number of carbonyl (C=O) groups is 1. The Hall–Kier alpha value is -1.75. The van der Waals surface area contributed by atoms with Crippen molar-refractivity contribution in [2.45, 2.75) is 70.8 Å². The predicted octanol–water partition coefficient (Wildman–Crippen LogP) is 5.46. The zero-order valence-electron chi connectivity index (χ0n) is 17.3. The third-order valence-electron chi connectivity index (χ3n) is 5.91. The molecule has 2 fully saturated rings. The first kappa shape index (κ1) is 21.0. The van der Waals surface area contributed by atoms with Crippen LogP contribution >= 0.6 is 0 Å². The summed E-state index contributed by atoms with van der Waals surface area (Å²) in [7, 11) is 0. The second-order valence-corrected chi connectivity index (χ2v) is 8.20. The summed E-state index contributed by atoms with van der Waals surface area (Å²) in [5.41, 5.74) is 0.748. The highest BCUT2D eigenvalue weighted by atomic mass is 16.6. The lowest BCUT2D eigenvalue weighted by molar-refractivity contribution is 0.0327. The Kier molecular flexibility index (Phi) is 8.46. The number of hydrogen-bond acceptors (Lipinski definition) is 4. The molecule has 1 aromatic rings. The van der Waals surface area contributed by atoms with Gasteiger partial charge in [-0.2, -0.15) is 0 Å². The monoisotopic (exact) mass is 388 g/mol. The maximum Gasteiger partial charge on any atom is 0.411 e. The van der Waals surface area contributed by atoms with Crippen LogP contribution in [-0.4, -0.2) is 43.3 Å². The van der Waals surface area contributed by atoms with Gasteiger partial charge in [-0.05, 0) is 75.9 Å². The average molecular weight is 389 g/mol. The Morgan fingerprint density at radius 2 is 1.82 bits per heavy atom. The first-order valence-corrected chi connectivity index (χ1v) is 11.2. The molecule has 0 aromatic heterocycles. The molecule has 1 heterocycles. The summed E-state index contributed by atoms with van der Waals surface area (Å²) in [6, 6.07) is 7.55. The fourth-order valence-corrected chi connectivity index (χ4v) is 4.30. The minimum atomic E-state index is -0.338. The van der Waals surface area contributed by atoms with E-state index in [0.717, 1.165) is 43.9 Å². The zero-order chi connectivity index (χ0) is 19.6. The summed E-state index contributed by atoms with van der Waals surface area (Å²) < 4.78 is 11.6. The van der Waals surface area contributed by atoms with Gasteiger partial charge in [0.25, 0.3) is 0 Å². The number of nitrogens with zero attached hydrogens (tertiary/aromatic N) is 1. The standard InChI is InChI=1S/C23H36N2O3/c1-2-3-8-17-27-21-13-11-20(12-14-21)24-23(26)28-22-10-5-4-9-19(22)18-25-15-6-7-16-25/h11-14,19,22H,2-10,15-18H2,1H3,(H,24,26)/t19-,22+/m0/s1. The van der Waals surface area contributed by atoms with Gasteiger partial charge in [0.2, 0.25) is 0 Å². The molecule has 1 aliphatic heterocycles. The van der Waals surface area contributed by atoms with Gasteiger partial charge in [-0.25, -0.2) is 4.79 Å². The van der Waals surface area contributed by atoms with Crippen LogP contribution in [0.3, 0.4) is 0 Å². The van der Waals surface area contributed by atoms with Crippen molar-refractivity contribution >= 4 is 11.8 Å². The van der Waals surface area contributed by atoms with Crippen LogP contribution in [0.1, 0.15) is 64.7 Å². The lowest BCUT2D eigenvalue weighted by Gasteiger charge is -2.33. The van der Waals surface area contributed by atoms with E-state index in [-0.39, 0.29) is 12.2 Å². The van der Waals surface area contributed by atoms with Gasteiger partial charge in [0.1, 0.15) is 11.9 Å². The van der Waals surface area contributed by atoms with Crippen molar-refractivity contribution in [2.75, 3.05) is 31.6 Å². The van der Waals surface area contributed by atoms with Crippen molar-refractivity contribution in [1.82, 2.24) is 4.90 Å². The van der Waals surface area contributed by atoms with Crippen LogP contribution in [0.15, 0.2) is 24.3 Å². The summed E-state index contributed by atoms with van der Waals surface area (Å²) in [5, 5.41) is 2.88. The highest BCUT2D eigenvalue weighted by molar-refractivity contribution is 5.84. The van der Waals surface area contributed by atoms with E-state index >= 15 is 0 Å². The molecule has 1 aliphatic carbocycles. The number of hydrogen-bond donors (Lipinski definition) is 1. The number of anilines is 1. The first-order chi connectivity index (χ1) is 13.7. The topological polar surface area (TPSA) is 50.8 Å². The van der Waals surface area contributed by atoms with E-state index in [1.165, 1.54) is 51.6 Å². The summed E-state index contributed by atoms with van der Waals surface area (Å²) in [4.78, 5) is 14.9. The Morgan fingerprint density at radius 3 is 2.57 bits per heavy atom.